The molecule has 1 N–H and O–H groups in total. The summed E-state index contributed by atoms with van der Waals surface area (Å²) in [5.74, 6) is -1.18. The van der Waals surface area contributed by atoms with Gasteiger partial charge in [0, 0.05) is 16.6 Å². The van der Waals surface area contributed by atoms with E-state index >= 15 is 0 Å². The van der Waals surface area contributed by atoms with Crippen LogP contribution in [0, 0.1) is 0 Å². The molecule has 1 aliphatic heterocycles. The van der Waals surface area contributed by atoms with Crippen LogP contribution in [-0.2, 0) is 11.2 Å². The van der Waals surface area contributed by atoms with Gasteiger partial charge in [0.15, 0.2) is 0 Å². The Morgan fingerprint density at radius 1 is 1.50 bits per heavy atom. The molecule has 0 bridgehead atoms. The van der Waals surface area contributed by atoms with E-state index in [4.69, 9.17) is 5.11 Å². The van der Waals surface area contributed by atoms with E-state index in [1.807, 2.05) is 6.07 Å². The van der Waals surface area contributed by atoms with Crippen LogP contribution >= 0.6 is 15.9 Å². The SMILES string of the molecule is O=C(O)CN1CCc2cc(Br)ccc2C1=O. The molecule has 0 spiro atoms. The van der Waals surface area contributed by atoms with Gasteiger partial charge in [0.25, 0.3) is 5.91 Å². The van der Waals surface area contributed by atoms with Crippen molar-refractivity contribution in [1.29, 1.82) is 0 Å². The Morgan fingerprint density at radius 3 is 2.94 bits per heavy atom. The van der Waals surface area contributed by atoms with E-state index in [-0.39, 0.29) is 12.5 Å². The summed E-state index contributed by atoms with van der Waals surface area (Å²) in [5.41, 5.74) is 1.58. The zero-order chi connectivity index (χ0) is 11.7. The molecule has 1 aromatic rings. The van der Waals surface area contributed by atoms with Gasteiger partial charge in [0.05, 0.1) is 0 Å². The van der Waals surface area contributed by atoms with Crippen LogP contribution in [-0.4, -0.2) is 35.0 Å². The molecule has 5 heteroatoms. The number of amides is 1. The van der Waals surface area contributed by atoms with E-state index in [1.165, 1.54) is 4.90 Å². The lowest BCUT2D eigenvalue weighted by molar-refractivity contribution is -0.137. The molecule has 16 heavy (non-hydrogen) atoms. The van der Waals surface area contributed by atoms with Crippen molar-refractivity contribution in [2.75, 3.05) is 13.1 Å². The van der Waals surface area contributed by atoms with E-state index in [1.54, 1.807) is 12.1 Å². The summed E-state index contributed by atoms with van der Waals surface area (Å²) >= 11 is 3.35. The van der Waals surface area contributed by atoms with E-state index in [0.29, 0.717) is 18.5 Å². The predicted octanol–water partition coefficient (Wildman–Crippen LogP) is 1.53. The molecule has 0 unspecified atom stereocenters. The number of carboxylic acids is 1. The molecule has 0 aromatic heterocycles. The van der Waals surface area contributed by atoms with Crippen molar-refractivity contribution in [2.24, 2.45) is 0 Å². The normalized spacial score (nSPS) is 14.8. The number of hydrogen-bond acceptors (Lipinski definition) is 2. The summed E-state index contributed by atoms with van der Waals surface area (Å²) in [5, 5.41) is 8.67. The first-order valence-electron chi connectivity index (χ1n) is 4.87. The number of rotatable bonds is 2. The van der Waals surface area contributed by atoms with Crippen LogP contribution in [0.3, 0.4) is 0 Å². The average molecular weight is 284 g/mol. The molecule has 1 aliphatic rings. The Hall–Kier alpha value is -1.36. The fourth-order valence-corrected chi connectivity index (χ4v) is 2.23. The molecule has 84 valence electrons. The lowest BCUT2D eigenvalue weighted by Gasteiger charge is -2.27. The number of benzene rings is 1. The fourth-order valence-electron chi connectivity index (χ4n) is 1.82. The third kappa shape index (κ3) is 2.09. The molecule has 1 aromatic carbocycles. The first kappa shape index (κ1) is 11.1. The molecule has 0 fully saturated rings. The molecule has 0 saturated carbocycles. The number of fused-ring (bicyclic) bond motifs is 1. The summed E-state index contributed by atoms with van der Waals surface area (Å²) in [6.45, 7) is 0.239. The molecule has 1 amide bonds. The summed E-state index contributed by atoms with van der Waals surface area (Å²) in [7, 11) is 0. The Bertz CT molecular complexity index is 459. The van der Waals surface area contributed by atoms with Gasteiger partial charge in [0.1, 0.15) is 6.54 Å². The summed E-state index contributed by atoms with van der Waals surface area (Å²) in [6.07, 6.45) is 0.702. The zero-order valence-corrected chi connectivity index (χ0v) is 10.0. The highest BCUT2D eigenvalue weighted by Crippen LogP contribution is 2.22. The summed E-state index contributed by atoms with van der Waals surface area (Å²) < 4.78 is 0.936. The topological polar surface area (TPSA) is 57.6 Å². The maximum atomic E-state index is 11.9. The first-order valence-corrected chi connectivity index (χ1v) is 5.67. The molecule has 0 radical (unpaired) electrons. The van der Waals surface area contributed by atoms with Crippen LogP contribution in [0.25, 0.3) is 0 Å². The van der Waals surface area contributed by atoms with E-state index in [0.717, 1.165) is 10.0 Å². The van der Waals surface area contributed by atoms with Gasteiger partial charge in [-0.25, -0.2) is 0 Å². The molecule has 2 rings (SSSR count). The predicted molar refractivity (Wildman–Crippen MR) is 61.4 cm³/mol. The Morgan fingerprint density at radius 2 is 2.25 bits per heavy atom. The quantitative estimate of drug-likeness (QED) is 0.896. The third-order valence-electron chi connectivity index (χ3n) is 2.56. The van der Waals surface area contributed by atoms with E-state index in [9.17, 15) is 9.59 Å². The molecule has 1 heterocycles. The molecular formula is C11H10BrNO3. The van der Waals surface area contributed by atoms with Crippen molar-refractivity contribution in [1.82, 2.24) is 4.90 Å². The highest BCUT2D eigenvalue weighted by molar-refractivity contribution is 9.10. The molecule has 0 aliphatic carbocycles. The summed E-state index contributed by atoms with van der Waals surface area (Å²) in [4.78, 5) is 23.8. The highest BCUT2D eigenvalue weighted by atomic mass is 79.9. The zero-order valence-electron chi connectivity index (χ0n) is 8.44. The Kier molecular flexibility index (Phi) is 2.96. The lowest BCUT2D eigenvalue weighted by atomic mass is 9.99. The van der Waals surface area contributed by atoms with Gasteiger partial charge in [-0.2, -0.15) is 0 Å². The lowest BCUT2D eigenvalue weighted by Crippen LogP contribution is -2.40. The number of carbonyl (C=O) groups excluding carboxylic acids is 1. The third-order valence-corrected chi connectivity index (χ3v) is 3.06. The van der Waals surface area contributed by atoms with E-state index < -0.39 is 5.97 Å². The smallest absolute Gasteiger partial charge is 0.323 e. The monoisotopic (exact) mass is 283 g/mol. The van der Waals surface area contributed by atoms with Crippen LogP contribution < -0.4 is 0 Å². The molecular weight excluding hydrogens is 274 g/mol. The van der Waals surface area contributed by atoms with Gasteiger partial charge in [-0.3, -0.25) is 9.59 Å². The molecule has 4 nitrogen and oxygen atoms in total. The van der Waals surface area contributed by atoms with Crippen LogP contribution in [0.4, 0.5) is 0 Å². The number of carboxylic acid groups (broad SMARTS) is 1. The van der Waals surface area contributed by atoms with Crippen molar-refractivity contribution < 1.29 is 14.7 Å². The minimum absolute atomic E-state index is 0.198. The van der Waals surface area contributed by atoms with Crippen molar-refractivity contribution in [3.8, 4) is 0 Å². The van der Waals surface area contributed by atoms with Gasteiger partial charge in [-0.15, -0.1) is 0 Å². The first-order chi connectivity index (χ1) is 7.58. The maximum Gasteiger partial charge on any atom is 0.323 e. The maximum absolute atomic E-state index is 11.9. The second-order valence-electron chi connectivity index (χ2n) is 3.67. The van der Waals surface area contributed by atoms with Crippen LogP contribution in [0.2, 0.25) is 0 Å². The van der Waals surface area contributed by atoms with Gasteiger partial charge in [-0.05, 0) is 30.2 Å². The van der Waals surface area contributed by atoms with Crippen LogP contribution in [0.1, 0.15) is 15.9 Å². The minimum Gasteiger partial charge on any atom is -0.480 e. The van der Waals surface area contributed by atoms with Gasteiger partial charge in [0.2, 0.25) is 0 Å². The average Bonchev–Trinajstić information content (AvgIpc) is 2.22. The van der Waals surface area contributed by atoms with Gasteiger partial charge < -0.3 is 10.0 Å². The van der Waals surface area contributed by atoms with Crippen LogP contribution in [0.15, 0.2) is 22.7 Å². The highest BCUT2D eigenvalue weighted by Gasteiger charge is 2.25. The van der Waals surface area contributed by atoms with Crippen molar-refractivity contribution in [3.63, 3.8) is 0 Å². The van der Waals surface area contributed by atoms with E-state index in [2.05, 4.69) is 15.9 Å². The minimum atomic E-state index is -0.978. The number of carbonyl (C=O) groups is 2. The number of halogens is 1. The van der Waals surface area contributed by atoms with Crippen LogP contribution in [0.5, 0.6) is 0 Å². The number of hydrogen-bond donors (Lipinski definition) is 1. The summed E-state index contributed by atoms with van der Waals surface area (Å²) in [6, 6.07) is 5.43. The van der Waals surface area contributed by atoms with Gasteiger partial charge in [-0.1, -0.05) is 15.9 Å². The second kappa shape index (κ2) is 4.25. The van der Waals surface area contributed by atoms with Crippen molar-refractivity contribution in [3.05, 3.63) is 33.8 Å². The molecule has 0 saturated heterocycles. The Labute approximate surface area is 101 Å². The van der Waals surface area contributed by atoms with Crippen molar-refractivity contribution in [2.45, 2.75) is 6.42 Å². The standard InChI is InChI=1S/C11H10BrNO3/c12-8-1-2-9-7(5-8)3-4-13(11(9)16)6-10(14)15/h1-2,5H,3-4,6H2,(H,14,15). The van der Waals surface area contributed by atoms with Gasteiger partial charge >= 0.3 is 5.97 Å². The second-order valence-corrected chi connectivity index (χ2v) is 4.59. The largest absolute Gasteiger partial charge is 0.480 e. The van der Waals surface area contributed by atoms with Crippen molar-refractivity contribution >= 4 is 27.8 Å². The fraction of sp³-hybridized carbons (Fsp3) is 0.273. The number of aliphatic carboxylic acids is 1. The Balaban J connectivity index is 2.29. The molecule has 0 atom stereocenters. The number of nitrogens with zero attached hydrogens (tertiary/aromatic N) is 1.